The van der Waals surface area contributed by atoms with E-state index in [0.29, 0.717) is 12.3 Å². The molecular formula is C12H14N2O3S2. The van der Waals surface area contributed by atoms with Gasteiger partial charge in [-0.05, 0) is 30.5 Å². The lowest BCUT2D eigenvalue weighted by Crippen LogP contribution is -2.10. The minimum absolute atomic E-state index is 0.220. The van der Waals surface area contributed by atoms with Gasteiger partial charge in [0.25, 0.3) is 10.0 Å². The van der Waals surface area contributed by atoms with Crippen LogP contribution in [0.2, 0.25) is 0 Å². The van der Waals surface area contributed by atoms with Crippen LogP contribution < -0.4 is 10.5 Å². The number of nitrogens with one attached hydrogen (secondary N) is 1. The maximum absolute atomic E-state index is 11.1. The average Bonchev–Trinajstić information content (AvgIpc) is 2.85. The second kappa shape index (κ2) is 5.68. The van der Waals surface area contributed by atoms with E-state index < -0.39 is 10.0 Å². The molecule has 1 heterocycles. The molecule has 0 spiro atoms. The summed E-state index contributed by atoms with van der Waals surface area (Å²) in [4.78, 5) is 1.11. The fourth-order valence-electron chi connectivity index (χ4n) is 1.58. The van der Waals surface area contributed by atoms with Crippen LogP contribution >= 0.6 is 11.8 Å². The van der Waals surface area contributed by atoms with Gasteiger partial charge in [0.1, 0.15) is 5.76 Å². The van der Waals surface area contributed by atoms with Crippen LogP contribution in [0.3, 0.4) is 0 Å². The zero-order chi connectivity index (χ0) is 13.9. The van der Waals surface area contributed by atoms with Gasteiger partial charge in [0.05, 0.1) is 6.54 Å². The molecule has 102 valence electrons. The first-order valence-corrected chi connectivity index (χ1v) is 8.26. The Kier molecular flexibility index (Phi) is 4.18. The van der Waals surface area contributed by atoms with Gasteiger partial charge in [-0.25, -0.2) is 13.6 Å². The number of hydrogen-bond donors (Lipinski definition) is 2. The van der Waals surface area contributed by atoms with Gasteiger partial charge in [-0.15, -0.1) is 11.8 Å². The zero-order valence-corrected chi connectivity index (χ0v) is 11.9. The quantitative estimate of drug-likeness (QED) is 0.827. The number of para-hydroxylation sites is 1. The van der Waals surface area contributed by atoms with Gasteiger partial charge in [0.15, 0.2) is 0 Å². The van der Waals surface area contributed by atoms with Crippen molar-refractivity contribution in [1.82, 2.24) is 0 Å². The molecule has 0 radical (unpaired) electrons. The van der Waals surface area contributed by atoms with Crippen molar-refractivity contribution in [3.05, 3.63) is 42.2 Å². The summed E-state index contributed by atoms with van der Waals surface area (Å²) in [5.74, 6) is 0.514. The third-order valence-electron chi connectivity index (χ3n) is 2.48. The Bertz CT molecular complexity index is 665. The minimum atomic E-state index is -3.78. The van der Waals surface area contributed by atoms with Crippen molar-refractivity contribution in [2.24, 2.45) is 5.14 Å². The van der Waals surface area contributed by atoms with Crippen LogP contribution in [-0.4, -0.2) is 14.7 Å². The Hall–Kier alpha value is -1.44. The minimum Gasteiger partial charge on any atom is -0.446 e. The molecule has 7 heteroatoms. The van der Waals surface area contributed by atoms with Gasteiger partial charge < -0.3 is 9.73 Å². The van der Waals surface area contributed by atoms with Crippen molar-refractivity contribution >= 4 is 27.5 Å². The summed E-state index contributed by atoms with van der Waals surface area (Å²) >= 11 is 1.63. The molecule has 1 aromatic carbocycles. The van der Waals surface area contributed by atoms with E-state index in [4.69, 9.17) is 9.56 Å². The predicted octanol–water partition coefficient (Wildman–Crippen LogP) is 2.26. The van der Waals surface area contributed by atoms with E-state index in [1.807, 2.05) is 30.5 Å². The first kappa shape index (κ1) is 14.0. The molecule has 5 nitrogen and oxygen atoms in total. The lowest BCUT2D eigenvalue weighted by Gasteiger charge is -2.08. The van der Waals surface area contributed by atoms with Gasteiger partial charge in [-0.2, -0.15) is 0 Å². The second-order valence-electron chi connectivity index (χ2n) is 3.82. The van der Waals surface area contributed by atoms with Crippen molar-refractivity contribution in [1.29, 1.82) is 0 Å². The number of furan rings is 1. The van der Waals surface area contributed by atoms with Crippen molar-refractivity contribution < 1.29 is 12.8 Å². The molecule has 0 saturated heterocycles. The Morgan fingerprint density at radius 2 is 2.00 bits per heavy atom. The van der Waals surface area contributed by atoms with Crippen molar-refractivity contribution in [3.63, 3.8) is 0 Å². The van der Waals surface area contributed by atoms with E-state index in [9.17, 15) is 8.42 Å². The molecule has 3 N–H and O–H groups in total. The smallest absolute Gasteiger partial charge is 0.271 e. The Labute approximate surface area is 116 Å². The van der Waals surface area contributed by atoms with Gasteiger partial charge >= 0.3 is 0 Å². The van der Waals surface area contributed by atoms with Crippen LogP contribution in [0.5, 0.6) is 0 Å². The van der Waals surface area contributed by atoms with Crippen molar-refractivity contribution in [3.8, 4) is 0 Å². The van der Waals surface area contributed by atoms with Crippen LogP contribution in [0.25, 0.3) is 0 Å². The highest BCUT2D eigenvalue weighted by Crippen LogP contribution is 2.25. The number of sulfonamides is 1. The van der Waals surface area contributed by atoms with Gasteiger partial charge in [0, 0.05) is 10.6 Å². The molecular weight excluding hydrogens is 284 g/mol. The van der Waals surface area contributed by atoms with Crippen molar-refractivity contribution in [2.45, 2.75) is 16.5 Å². The molecule has 0 unspecified atom stereocenters. The zero-order valence-electron chi connectivity index (χ0n) is 10.3. The highest BCUT2D eigenvalue weighted by atomic mass is 32.2. The van der Waals surface area contributed by atoms with Gasteiger partial charge in [-0.3, -0.25) is 0 Å². The maximum atomic E-state index is 11.1. The summed E-state index contributed by atoms with van der Waals surface area (Å²) in [6, 6.07) is 10.8. The average molecular weight is 298 g/mol. The predicted molar refractivity (Wildman–Crippen MR) is 75.6 cm³/mol. The molecule has 0 fully saturated rings. The SMILES string of the molecule is CSc1ccccc1NCc1ccc(S(N)(=O)=O)o1. The highest BCUT2D eigenvalue weighted by molar-refractivity contribution is 7.98. The molecule has 0 amide bonds. The summed E-state index contributed by atoms with van der Waals surface area (Å²) in [6.07, 6.45) is 1.99. The largest absolute Gasteiger partial charge is 0.446 e. The molecule has 2 aromatic rings. The van der Waals surface area contributed by atoms with E-state index in [-0.39, 0.29) is 5.09 Å². The fourth-order valence-corrected chi connectivity index (χ4v) is 2.63. The lowest BCUT2D eigenvalue weighted by molar-refractivity contribution is 0.419. The molecule has 0 aliphatic carbocycles. The normalized spacial score (nSPS) is 11.5. The number of primary sulfonamides is 1. The van der Waals surface area contributed by atoms with E-state index in [1.165, 1.54) is 6.07 Å². The lowest BCUT2D eigenvalue weighted by atomic mass is 10.3. The third-order valence-corrected chi connectivity index (χ3v) is 4.05. The second-order valence-corrected chi connectivity index (χ2v) is 6.16. The van der Waals surface area contributed by atoms with Crippen LogP contribution in [0.1, 0.15) is 5.76 Å². The summed E-state index contributed by atoms with van der Waals surface area (Å²) in [7, 11) is -3.78. The number of thioether (sulfide) groups is 1. The highest BCUT2D eigenvalue weighted by Gasteiger charge is 2.13. The van der Waals surface area contributed by atoms with E-state index >= 15 is 0 Å². The van der Waals surface area contributed by atoms with Crippen molar-refractivity contribution in [2.75, 3.05) is 11.6 Å². The summed E-state index contributed by atoms with van der Waals surface area (Å²) in [5.41, 5.74) is 0.976. The van der Waals surface area contributed by atoms with Crippen LogP contribution in [0.4, 0.5) is 5.69 Å². The standard InChI is InChI=1S/C12H14N2O3S2/c1-18-11-5-3-2-4-10(11)14-8-9-6-7-12(17-9)19(13,15)16/h2-7,14H,8H2,1H3,(H2,13,15,16). The Balaban J connectivity index is 2.09. The molecule has 0 saturated carbocycles. The fraction of sp³-hybridized carbons (Fsp3) is 0.167. The van der Waals surface area contributed by atoms with E-state index in [0.717, 1.165) is 10.6 Å². The molecule has 0 atom stereocenters. The van der Waals surface area contributed by atoms with E-state index in [2.05, 4.69) is 5.32 Å². The molecule has 0 aliphatic heterocycles. The van der Waals surface area contributed by atoms with Crippen LogP contribution in [0.15, 0.2) is 50.8 Å². The van der Waals surface area contributed by atoms with Gasteiger partial charge in [0.2, 0.25) is 5.09 Å². The maximum Gasteiger partial charge on any atom is 0.271 e. The number of anilines is 1. The number of benzene rings is 1. The summed E-state index contributed by atoms with van der Waals surface area (Å²) < 4.78 is 27.3. The third kappa shape index (κ3) is 3.52. The summed E-state index contributed by atoms with van der Waals surface area (Å²) in [5, 5.41) is 7.95. The topological polar surface area (TPSA) is 85.3 Å². The number of rotatable bonds is 5. The molecule has 2 rings (SSSR count). The summed E-state index contributed by atoms with van der Waals surface area (Å²) in [6.45, 7) is 0.396. The Morgan fingerprint density at radius 3 is 2.63 bits per heavy atom. The number of nitrogens with two attached hydrogens (primary N) is 1. The van der Waals surface area contributed by atoms with Crippen LogP contribution in [-0.2, 0) is 16.6 Å². The Morgan fingerprint density at radius 1 is 1.26 bits per heavy atom. The molecule has 1 aromatic heterocycles. The first-order valence-electron chi connectivity index (χ1n) is 5.49. The monoisotopic (exact) mass is 298 g/mol. The van der Waals surface area contributed by atoms with Gasteiger partial charge in [-0.1, -0.05) is 12.1 Å². The van der Waals surface area contributed by atoms with Crippen LogP contribution in [0, 0.1) is 0 Å². The number of hydrogen-bond acceptors (Lipinski definition) is 5. The molecule has 0 bridgehead atoms. The molecule has 0 aliphatic rings. The first-order chi connectivity index (χ1) is 9.00. The van der Waals surface area contributed by atoms with E-state index in [1.54, 1.807) is 17.8 Å². The molecule has 19 heavy (non-hydrogen) atoms.